The number of allylic oxidation sites excluding steroid dienone is 6. The fourth-order valence-corrected chi connectivity index (χ4v) is 6.76. The van der Waals surface area contributed by atoms with E-state index in [4.69, 9.17) is 4.74 Å². The Morgan fingerprint density at radius 3 is 1.60 bits per heavy atom. The monoisotopic (exact) mass is 746 g/mol. The highest BCUT2D eigenvalue weighted by Crippen LogP contribution is 2.17. The predicted molar refractivity (Wildman–Crippen MR) is 227 cm³/mol. The van der Waals surface area contributed by atoms with E-state index in [-0.39, 0.29) is 24.9 Å². The zero-order valence-corrected chi connectivity index (χ0v) is 35.1. The lowest BCUT2D eigenvalue weighted by Gasteiger charge is -2.24. The number of aliphatic hydroxyl groups is 2. The van der Waals surface area contributed by atoms with Crippen molar-refractivity contribution >= 4 is 11.9 Å². The molecule has 0 aromatic carbocycles. The molecule has 6 nitrogen and oxygen atoms in total. The van der Waals surface area contributed by atoms with Crippen molar-refractivity contribution < 1.29 is 24.5 Å². The Morgan fingerprint density at radius 1 is 0.566 bits per heavy atom. The molecule has 310 valence electrons. The summed E-state index contributed by atoms with van der Waals surface area (Å²) in [5.41, 5.74) is 0. The molecule has 0 bridgehead atoms. The fourth-order valence-electron chi connectivity index (χ4n) is 6.76. The third-order valence-electron chi connectivity index (χ3n) is 10.2. The fraction of sp³-hybridized carbons (Fsp3) is 0.830. The number of nitrogens with one attached hydrogen (secondary N) is 1. The van der Waals surface area contributed by atoms with Gasteiger partial charge in [0, 0.05) is 6.42 Å². The largest absolute Gasteiger partial charge is 0.462 e. The first-order valence-corrected chi connectivity index (χ1v) is 22.7. The summed E-state index contributed by atoms with van der Waals surface area (Å²) in [4.78, 5) is 25.9. The number of hydrogen-bond donors (Lipinski definition) is 3. The van der Waals surface area contributed by atoms with Crippen LogP contribution in [0.3, 0.4) is 0 Å². The van der Waals surface area contributed by atoms with Gasteiger partial charge >= 0.3 is 5.97 Å². The van der Waals surface area contributed by atoms with Crippen molar-refractivity contribution in [3.8, 4) is 0 Å². The Kier molecular flexibility index (Phi) is 39.8. The van der Waals surface area contributed by atoms with E-state index >= 15 is 0 Å². The Morgan fingerprint density at radius 2 is 1.02 bits per heavy atom. The molecule has 3 N–H and O–H groups in total. The van der Waals surface area contributed by atoms with Crippen LogP contribution >= 0.6 is 0 Å². The second kappa shape index (κ2) is 41.2. The molecule has 53 heavy (non-hydrogen) atoms. The first-order chi connectivity index (χ1) is 26.0. The summed E-state index contributed by atoms with van der Waals surface area (Å²) in [6.07, 6.45) is 46.3. The van der Waals surface area contributed by atoms with E-state index in [2.05, 4.69) is 62.5 Å². The van der Waals surface area contributed by atoms with Gasteiger partial charge in [-0.15, -0.1) is 0 Å². The molecule has 0 aliphatic carbocycles. The lowest BCUT2D eigenvalue weighted by Crippen LogP contribution is -2.46. The lowest BCUT2D eigenvalue weighted by molar-refractivity contribution is -0.151. The Balaban J connectivity index is 4.57. The van der Waals surface area contributed by atoms with Crippen LogP contribution in [0.1, 0.15) is 226 Å². The van der Waals surface area contributed by atoms with Crippen molar-refractivity contribution in [3.05, 3.63) is 36.5 Å². The first kappa shape index (κ1) is 51.1. The Bertz CT molecular complexity index is 884. The van der Waals surface area contributed by atoms with Crippen molar-refractivity contribution in [3.63, 3.8) is 0 Å². The molecule has 0 aromatic heterocycles. The third-order valence-corrected chi connectivity index (χ3v) is 10.2. The second-order valence-corrected chi connectivity index (χ2v) is 15.4. The van der Waals surface area contributed by atoms with Gasteiger partial charge in [-0.25, -0.2) is 0 Å². The molecule has 0 radical (unpaired) electrons. The zero-order valence-electron chi connectivity index (χ0n) is 35.1. The molecule has 0 saturated heterocycles. The van der Waals surface area contributed by atoms with Crippen molar-refractivity contribution in [1.29, 1.82) is 0 Å². The number of amides is 1. The number of hydrogen-bond acceptors (Lipinski definition) is 5. The molecule has 6 heteroatoms. The second-order valence-electron chi connectivity index (χ2n) is 15.4. The van der Waals surface area contributed by atoms with E-state index in [1.165, 1.54) is 89.9 Å². The summed E-state index contributed by atoms with van der Waals surface area (Å²) < 4.78 is 5.88. The van der Waals surface area contributed by atoms with Crippen LogP contribution in [0.4, 0.5) is 0 Å². The van der Waals surface area contributed by atoms with Crippen LogP contribution in [-0.4, -0.2) is 46.9 Å². The molecule has 0 fully saturated rings. The van der Waals surface area contributed by atoms with Gasteiger partial charge in [-0.2, -0.15) is 0 Å². The van der Waals surface area contributed by atoms with Gasteiger partial charge in [0.2, 0.25) is 5.91 Å². The van der Waals surface area contributed by atoms with Crippen molar-refractivity contribution in [2.24, 2.45) is 0 Å². The standard InChI is InChI=1S/C47H87NO5/c1-4-7-10-13-16-19-22-23-24-25-28-31-34-37-40-47(52)53-43(38-35-32-29-26-20-17-14-11-8-5-2)41-46(51)48-44(42-49)45(50)39-36-33-30-27-21-18-15-12-9-6-3/h7,10,16-17,19-20,43-45,49-50H,4-6,8-9,11-15,18,21-42H2,1-3H3,(H,48,51)/b10-7+,19-16+,20-17-. The number of esters is 1. The molecule has 0 rings (SSSR count). The van der Waals surface area contributed by atoms with Crippen molar-refractivity contribution in [2.45, 2.75) is 244 Å². The van der Waals surface area contributed by atoms with E-state index < -0.39 is 18.2 Å². The van der Waals surface area contributed by atoms with Crippen molar-refractivity contribution in [2.75, 3.05) is 6.61 Å². The molecular weight excluding hydrogens is 659 g/mol. The van der Waals surface area contributed by atoms with Gasteiger partial charge in [-0.3, -0.25) is 9.59 Å². The summed E-state index contributed by atoms with van der Waals surface area (Å²) in [5.74, 6) is -0.499. The van der Waals surface area contributed by atoms with Gasteiger partial charge in [0.25, 0.3) is 0 Å². The van der Waals surface area contributed by atoms with Gasteiger partial charge in [-0.1, -0.05) is 173 Å². The highest BCUT2D eigenvalue weighted by atomic mass is 16.5. The molecule has 0 aliphatic heterocycles. The van der Waals surface area contributed by atoms with Crippen LogP contribution in [0.5, 0.6) is 0 Å². The molecule has 3 atom stereocenters. The zero-order chi connectivity index (χ0) is 38.9. The topological polar surface area (TPSA) is 95.9 Å². The van der Waals surface area contributed by atoms with E-state index in [1.54, 1.807) is 0 Å². The smallest absolute Gasteiger partial charge is 0.306 e. The van der Waals surface area contributed by atoms with Gasteiger partial charge in [-0.05, 0) is 77.0 Å². The summed E-state index contributed by atoms with van der Waals surface area (Å²) in [5, 5.41) is 23.6. The SMILES string of the molecule is CC/C=C/C/C=C/CCCCCCCCCC(=O)OC(CCCCC/C=C\CCCCC)CC(=O)NC(CO)C(O)CCCCCCCCCCCC. The number of carbonyl (C=O) groups excluding carboxylic acids is 2. The maximum Gasteiger partial charge on any atom is 0.306 e. The summed E-state index contributed by atoms with van der Waals surface area (Å²) in [6, 6.07) is -0.703. The quantitative estimate of drug-likeness (QED) is 0.0330. The van der Waals surface area contributed by atoms with Gasteiger partial charge < -0.3 is 20.3 Å². The van der Waals surface area contributed by atoms with Crippen molar-refractivity contribution in [1.82, 2.24) is 5.32 Å². The van der Waals surface area contributed by atoms with Gasteiger partial charge in [0.15, 0.2) is 0 Å². The number of unbranched alkanes of at least 4 members (excludes halogenated alkanes) is 22. The van der Waals surface area contributed by atoms with Crippen LogP contribution in [0.25, 0.3) is 0 Å². The number of rotatable bonds is 40. The average Bonchev–Trinajstić information content (AvgIpc) is 3.15. The molecule has 3 unspecified atom stereocenters. The summed E-state index contributed by atoms with van der Waals surface area (Å²) >= 11 is 0. The van der Waals surface area contributed by atoms with E-state index in [1.807, 2.05) is 0 Å². The minimum atomic E-state index is -0.788. The van der Waals surface area contributed by atoms with Crippen LogP contribution in [0.2, 0.25) is 0 Å². The van der Waals surface area contributed by atoms with Crippen LogP contribution < -0.4 is 5.32 Å². The van der Waals surface area contributed by atoms with Crippen LogP contribution in [0, 0.1) is 0 Å². The molecule has 0 saturated carbocycles. The molecule has 0 heterocycles. The maximum absolute atomic E-state index is 13.1. The highest BCUT2D eigenvalue weighted by Gasteiger charge is 2.24. The van der Waals surface area contributed by atoms with Crippen LogP contribution in [0.15, 0.2) is 36.5 Å². The number of aliphatic hydroxyl groups excluding tert-OH is 2. The highest BCUT2D eigenvalue weighted by molar-refractivity contribution is 5.77. The molecule has 0 aromatic rings. The minimum absolute atomic E-state index is 0.0647. The minimum Gasteiger partial charge on any atom is -0.462 e. The first-order valence-electron chi connectivity index (χ1n) is 22.7. The third kappa shape index (κ3) is 36.8. The van der Waals surface area contributed by atoms with E-state index in [9.17, 15) is 19.8 Å². The summed E-state index contributed by atoms with van der Waals surface area (Å²) in [7, 11) is 0. The molecule has 1 amide bonds. The lowest BCUT2D eigenvalue weighted by atomic mass is 10.0. The number of ether oxygens (including phenoxy) is 1. The molecule has 0 spiro atoms. The number of carbonyl (C=O) groups is 2. The normalized spacial score (nSPS) is 13.7. The molecule has 0 aliphatic rings. The maximum atomic E-state index is 13.1. The van der Waals surface area contributed by atoms with Crippen LogP contribution in [-0.2, 0) is 14.3 Å². The molecular formula is C47H87NO5. The predicted octanol–water partition coefficient (Wildman–Crippen LogP) is 12.9. The Hall–Kier alpha value is -1.92. The van der Waals surface area contributed by atoms with E-state index in [0.29, 0.717) is 19.3 Å². The summed E-state index contributed by atoms with van der Waals surface area (Å²) in [6.45, 7) is 6.32. The Labute approximate surface area is 328 Å². The van der Waals surface area contributed by atoms with E-state index in [0.717, 1.165) is 89.9 Å². The average molecular weight is 746 g/mol. The van der Waals surface area contributed by atoms with Gasteiger partial charge in [0.1, 0.15) is 6.10 Å². The van der Waals surface area contributed by atoms with Gasteiger partial charge in [0.05, 0.1) is 25.2 Å².